The quantitative estimate of drug-likeness (QED) is 0.220. The van der Waals surface area contributed by atoms with E-state index in [1.54, 1.807) is 14.2 Å². The van der Waals surface area contributed by atoms with Crippen molar-refractivity contribution in [2.24, 2.45) is 4.99 Å². The first-order chi connectivity index (χ1) is 15.2. The number of ether oxygens (including phenoxy) is 4. The van der Waals surface area contributed by atoms with Gasteiger partial charge in [0.05, 0.1) is 26.9 Å². The first-order valence-electron chi connectivity index (χ1n) is 11.3. The van der Waals surface area contributed by atoms with Crippen LogP contribution in [0.3, 0.4) is 0 Å². The van der Waals surface area contributed by atoms with Crippen molar-refractivity contribution in [1.29, 1.82) is 0 Å². The van der Waals surface area contributed by atoms with Crippen LogP contribution in [-0.2, 0) is 16.0 Å². The Hall–Kier alpha value is -2.03. The van der Waals surface area contributed by atoms with E-state index in [2.05, 4.69) is 41.3 Å². The number of hydrogen-bond acceptors (Lipinski definition) is 6. The topological polar surface area (TPSA) is 76.6 Å². The minimum absolute atomic E-state index is 0.551. The first kappa shape index (κ1) is 27.0. The maximum Gasteiger partial charge on any atom is 0.191 e. The standard InChI is InChI=1S/C23H42N4O4/c1-6-24-23(25-12-9-14-30-17-16-28-4)26-19-20-10-11-21(22(18-20)29-5)31-15-13-27(7-2)8-3/h10-11,18H,6-9,12-17,19H2,1-5H3,(H2,24,25,26). The molecule has 2 N–H and O–H groups in total. The van der Waals surface area contributed by atoms with Crippen molar-refractivity contribution in [1.82, 2.24) is 15.5 Å². The number of benzene rings is 1. The van der Waals surface area contributed by atoms with Crippen LogP contribution >= 0.6 is 0 Å². The summed E-state index contributed by atoms with van der Waals surface area (Å²) in [7, 11) is 3.34. The molecule has 0 unspecified atom stereocenters. The van der Waals surface area contributed by atoms with Crippen LogP contribution in [0.4, 0.5) is 0 Å². The summed E-state index contributed by atoms with van der Waals surface area (Å²) in [6.07, 6.45) is 0.904. The van der Waals surface area contributed by atoms with Gasteiger partial charge in [0, 0.05) is 33.4 Å². The highest BCUT2D eigenvalue weighted by Gasteiger charge is 2.07. The maximum atomic E-state index is 5.94. The molecule has 0 aliphatic heterocycles. The van der Waals surface area contributed by atoms with Gasteiger partial charge in [-0.15, -0.1) is 0 Å². The monoisotopic (exact) mass is 438 g/mol. The molecule has 0 aliphatic carbocycles. The third kappa shape index (κ3) is 11.8. The largest absolute Gasteiger partial charge is 0.493 e. The molecule has 0 radical (unpaired) electrons. The van der Waals surface area contributed by atoms with Gasteiger partial charge in [0.25, 0.3) is 0 Å². The number of rotatable bonds is 17. The van der Waals surface area contributed by atoms with Crippen LogP contribution < -0.4 is 20.1 Å². The van der Waals surface area contributed by atoms with Crippen molar-refractivity contribution in [3.8, 4) is 11.5 Å². The van der Waals surface area contributed by atoms with E-state index in [4.69, 9.17) is 18.9 Å². The fourth-order valence-corrected chi connectivity index (χ4v) is 2.89. The van der Waals surface area contributed by atoms with Crippen molar-refractivity contribution < 1.29 is 18.9 Å². The first-order valence-corrected chi connectivity index (χ1v) is 11.3. The van der Waals surface area contributed by atoms with Gasteiger partial charge in [-0.05, 0) is 44.1 Å². The van der Waals surface area contributed by atoms with E-state index < -0.39 is 0 Å². The predicted octanol–water partition coefficient (Wildman–Crippen LogP) is 2.52. The maximum absolute atomic E-state index is 5.94. The van der Waals surface area contributed by atoms with Gasteiger partial charge >= 0.3 is 0 Å². The number of nitrogens with zero attached hydrogens (tertiary/aromatic N) is 2. The number of aliphatic imine (C=N–C) groups is 1. The summed E-state index contributed by atoms with van der Waals surface area (Å²) in [5.41, 5.74) is 1.06. The molecule has 178 valence electrons. The van der Waals surface area contributed by atoms with E-state index >= 15 is 0 Å². The van der Waals surface area contributed by atoms with Gasteiger partial charge in [-0.25, -0.2) is 4.99 Å². The van der Waals surface area contributed by atoms with Crippen molar-refractivity contribution in [2.45, 2.75) is 33.7 Å². The predicted molar refractivity (Wildman–Crippen MR) is 126 cm³/mol. The molecule has 0 spiro atoms. The zero-order valence-electron chi connectivity index (χ0n) is 20.0. The number of methoxy groups -OCH3 is 2. The molecular weight excluding hydrogens is 396 g/mol. The average molecular weight is 439 g/mol. The van der Waals surface area contributed by atoms with Crippen molar-refractivity contribution in [2.75, 3.05) is 73.4 Å². The smallest absolute Gasteiger partial charge is 0.191 e. The summed E-state index contributed by atoms with van der Waals surface area (Å²) in [5, 5.41) is 6.61. The highest BCUT2D eigenvalue weighted by molar-refractivity contribution is 5.79. The molecule has 31 heavy (non-hydrogen) atoms. The van der Waals surface area contributed by atoms with Crippen LogP contribution in [0.25, 0.3) is 0 Å². The van der Waals surface area contributed by atoms with Gasteiger partial charge in [-0.3, -0.25) is 0 Å². The zero-order valence-corrected chi connectivity index (χ0v) is 20.0. The lowest BCUT2D eigenvalue weighted by Gasteiger charge is -2.19. The summed E-state index contributed by atoms with van der Waals surface area (Å²) >= 11 is 0. The van der Waals surface area contributed by atoms with Gasteiger partial charge in [0.15, 0.2) is 17.5 Å². The summed E-state index contributed by atoms with van der Waals surface area (Å²) in [5.74, 6) is 2.29. The molecule has 0 saturated carbocycles. The second-order valence-corrected chi connectivity index (χ2v) is 6.94. The van der Waals surface area contributed by atoms with Crippen molar-refractivity contribution in [3.63, 3.8) is 0 Å². The molecule has 0 saturated heterocycles. The summed E-state index contributed by atoms with van der Waals surface area (Å²) in [4.78, 5) is 7.00. The zero-order chi connectivity index (χ0) is 22.7. The van der Waals surface area contributed by atoms with Crippen molar-refractivity contribution >= 4 is 5.96 Å². The van der Waals surface area contributed by atoms with Gasteiger partial charge < -0.3 is 34.5 Å². The average Bonchev–Trinajstić information content (AvgIpc) is 2.80. The van der Waals surface area contributed by atoms with Gasteiger partial charge in [0.1, 0.15) is 6.61 Å². The van der Waals surface area contributed by atoms with E-state index in [0.717, 1.165) is 62.2 Å². The van der Waals surface area contributed by atoms with E-state index in [0.29, 0.717) is 33.0 Å². The third-order valence-electron chi connectivity index (χ3n) is 4.74. The van der Waals surface area contributed by atoms with Crippen LogP contribution in [0.15, 0.2) is 23.2 Å². The fraction of sp³-hybridized carbons (Fsp3) is 0.696. The minimum atomic E-state index is 0.551. The molecule has 1 rings (SSSR count). The Kier molecular flexibility index (Phi) is 15.4. The molecule has 0 amide bonds. The van der Waals surface area contributed by atoms with Crippen LogP contribution in [0.5, 0.6) is 11.5 Å². The van der Waals surface area contributed by atoms with Crippen LogP contribution in [0, 0.1) is 0 Å². The lowest BCUT2D eigenvalue weighted by molar-refractivity contribution is 0.0698. The molecular formula is C23H42N4O4. The van der Waals surface area contributed by atoms with Crippen molar-refractivity contribution in [3.05, 3.63) is 23.8 Å². The Morgan fingerprint density at radius 1 is 0.968 bits per heavy atom. The lowest BCUT2D eigenvalue weighted by Crippen LogP contribution is -2.38. The Morgan fingerprint density at radius 2 is 1.77 bits per heavy atom. The minimum Gasteiger partial charge on any atom is -0.493 e. The van der Waals surface area contributed by atoms with Crippen LogP contribution in [0.1, 0.15) is 32.8 Å². The SMILES string of the molecule is CCNC(=NCc1ccc(OCCN(CC)CC)c(OC)c1)NCCCOCCOC. The highest BCUT2D eigenvalue weighted by atomic mass is 16.5. The number of nitrogens with one attached hydrogen (secondary N) is 2. The Balaban J connectivity index is 2.54. The molecule has 1 aromatic rings. The Bertz CT molecular complexity index is 609. The van der Waals surface area contributed by atoms with Crippen LogP contribution in [-0.4, -0.2) is 84.2 Å². The molecule has 8 heteroatoms. The Morgan fingerprint density at radius 3 is 2.45 bits per heavy atom. The number of guanidine groups is 1. The number of hydrogen-bond donors (Lipinski definition) is 2. The van der Waals surface area contributed by atoms with E-state index in [9.17, 15) is 0 Å². The molecule has 0 aromatic heterocycles. The molecule has 0 heterocycles. The van der Waals surface area contributed by atoms with Gasteiger partial charge in [0.2, 0.25) is 0 Å². The van der Waals surface area contributed by atoms with E-state index in [1.165, 1.54) is 0 Å². The fourth-order valence-electron chi connectivity index (χ4n) is 2.89. The van der Waals surface area contributed by atoms with E-state index in [1.807, 2.05) is 18.2 Å². The van der Waals surface area contributed by atoms with E-state index in [-0.39, 0.29) is 0 Å². The second kappa shape index (κ2) is 17.6. The molecule has 0 atom stereocenters. The molecule has 0 aliphatic rings. The second-order valence-electron chi connectivity index (χ2n) is 6.94. The third-order valence-corrected chi connectivity index (χ3v) is 4.74. The summed E-state index contributed by atoms with van der Waals surface area (Å²) in [6, 6.07) is 5.99. The Labute approximate surface area is 188 Å². The van der Waals surface area contributed by atoms with Gasteiger partial charge in [-0.1, -0.05) is 19.9 Å². The van der Waals surface area contributed by atoms with Crippen LogP contribution in [0.2, 0.25) is 0 Å². The van der Waals surface area contributed by atoms with Gasteiger partial charge in [-0.2, -0.15) is 0 Å². The molecule has 0 bridgehead atoms. The summed E-state index contributed by atoms with van der Waals surface area (Å²) < 4.78 is 21.9. The molecule has 8 nitrogen and oxygen atoms in total. The number of likely N-dealkylation sites (N-methyl/N-ethyl adjacent to an activating group) is 1. The molecule has 0 fully saturated rings. The summed E-state index contributed by atoms with van der Waals surface area (Å²) in [6.45, 7) is 14.1. The highest BCUT2D eigenvalue weighted by Crippen LogP contribution is 2.28. The normalized spacial score (nSPS) is 11.6. The molecule has 1 aromatic carbocycles. The lowest BCUT2D eigenvalue weighted by atomic mass is 10.2.